The van der Waals surface area contributed by atoms with Crippen LogP contribution >= 0.6 is 0 Å². The normalized spacial score (nSPS) is 20.6. The van der Waals surface area contributed by atoms with Crippen molar-refractivity contribution in [2.75, 3.05) is 33.8 Å². The lowest BCUT2D eigenvalue weighted by Crippen LogP contribution is -2.63. The number of amides is 1. The standard InChI is InChI=1S/C34H37NO11/c1-17-28-20(16-25(42-6)29(17)45-33-27(37)26(36)30(43-7)34(2,3)46-33)15-23(32(39)44-28)35-31(38)19-11-12-24(41-5)22(14-19)18-9-8-10-21(13-18)40-4/h8-16,26-27,30,33,36-37H,1-7H3,(H,35,38)/t26-,27-,30+,33+/m0/s1. The van der Waals surface area contributed by atoms with Crippen molar-refractivity contribution >= 4 is 22.6 Å². The number of benzene rings is 3. The summed E-state index contributed by atoms with van der Waals surface area (Å²) in [5.41, 5.74) is 0.370. The summed E-state index contributed by atoms with van der Waals surface area (Å²) >= 11 is 0. The molecule has 4 atom stereocenters. The molecule has 1 aliphatic heterocycles. The van der Waals surface area contributed by atoms with Gasteiger partial charge in [-0.2, -0.15) is 0 Å². The zero-order chi connectivity index (χ0) is 33.3. The van der Waals surface area contributed by atoms with E-state index in [0.29, 0.717) is 28.0 Å². The molecule has 0 unspecified atom stereocenters. The Balaban J connectivity index is 1.46. The van der Waals surface area contributed by atoms with Crippen LogP contribution in [0.5, 0.6) is 23.0 Å². The molecule has 0 aliphatic carbocycles. The monoisotopic (exact) mass is 635 g/mol. The van der Waals surface area contributed by atoms with Crippen LogP contribution in [0, 0.1) is 6.92 Å². The number of carbonyl (C=O) groups is 1. The van der Waals surface area contributed by atoms with Crippen LogP contribution in [0.3, 0.4) is 0 Å². The highest BCUT2D eigenvalue weighted by molar-refractivity contribution is 6.06. The number of aliphatic hydroxyl groups excluding tert-OH is 2. The first kappa shape index (κ1) is 32.8. The summed E-state index contributed by atoms with van der Waals surface area (Å²) in [6.45, 7) is 5.06. The van der Waals surface area contributed by atoms with Gasteiger partial charge in [-0.25, -0.2) is 4.79 Å². The van der Waals surface area contributed by atoms with Crippen LogP contribution in [0.4, 0.5) is 5.69 Å². The van der Waals surface area contributed by atoms with Crippen LogP contribution in [-0.2, 0) is 9.47 Å². The largest absolute Gasteiger partial charge is 0.497 e. The molecule has 1 fully saturated rings. The van der Waals surface area contributed by atoms with Crippen molar-refractivity contribution < 1.29 is 47.8 Å². The second-order valence-electron chi connectivity index (χ2n) is 11.3. The van der Waals surface area contributed by atoms with Crippen molar-refractivity contribution in [2.24, 2.45) is 0 Å². The Morgan fingerprint density at radius 3 is 2.33 bits per heavy atom. The average Bonchev–Trinajstić information content (AvgIpc) is 3.05. The Hall–Kier alpha value is -4.62. The number of fused-ring (bicyclic) bond motifs is 1. The zero-order valence-corrected chi connectivity index (χ0v) is 26.6. The van der Waals surface area contributed by atoms with Gasteiger partial charge in [0.1, 0.15) is 41.1 Å². The molecule has 1 saturated heterocycles. The Bertz CT molecular complexity index is 1820. The van der Waals surface area contributed by atoms with Gasteiger partial charge in [-0.3, -0.25) is 4.79 Å². The number of rotatable bonds is 9. The highest BCUT2D eigenvalue weighted by atomic mass is 16.7. The third-order valence-corrected chi connectivity index (χ3v) is 8.01. The Morgan fingerprint density at radius 1 is 0.913 bits per heavy atom. The summed E-state index contributed by atoms with van der Waals surface area (Å²) in [6.07, 6.45) is -4.85. The molecule has 0 radical (unpaired) electrons. The predicted octanol–water partition coefficient (Wildman–Crippen LogP) is 4.30. The first-order valence-electron chi connectivity index (χ1n) is 14.4. The maximum absolute atomic E-state index is 13.4. The van der Waals surface area contributed by atoms with Gasteiger partial charge < -0.3 is 48.4 Å². The molecule has 244 valence electrons. The number of carbonyl (C=O) groups excluding carboxylic acids is 1. The lowest BCUT2D eigenvalue weighted by molar-refractivity contribution is -0.306. The molecular formula is C34H37NO11. The Kier molecular flexibility index (Phi) is 9.27. The lowest BCUT2D eigenvalue weighted by Gasteiger charge is -2.46. The van der Waals surface area contributed by atoms with Gasteiger partial charge in [-0.05, 0) is 68.8 Å². The Labute approximate surface area is 265 Å². The summed E-state index contributed by atoms with van der Waals surface area (Å²) in [6, 6.07) is 15.3. The van der Waals surface area contributed by atoms with E-state index in [1.807, 2.05) is 24.3 Å². The van der Waals surface area contributed by atoms with E-state index in [0.717, 1.165) is 5.56 Å². The van der Waals surface area contributed by atoms with E-state index in [9.17, 15) is 19.8 Å². The van der Waals surface area contributed by atoms with Crippen LogP contribution in [-0.4, -0.2) is 74.8 Å². The molecule has 0 bridgehead atoms. The minimum Gasteiger partial charge on any atom is -0.497 e. The summed E-state index contributed by atoms with van der Waals surface area (Å²) < 4.78 is 39.4. The fraction of sp³-hybridized carbons (Fsp3) is 0.353. The number of hydrogen-bond acceptors (Lipinski definition) is 11. The van der Waals surface area contributed by atoms with Gasteiger partial charge in [0.15, 0.2) is 11.5 Å². The Morgan fingerprint density at radius 2 is 1.65 bits per heavy atom. The molecular weight excluding hydrogens is 598 g/mol. The van der Waals surface area contributed by atoms with E-state index < -0.39 is 41.7 Å². The minimum absolute atomic E-state index is 0.0899. The summed E-state index contributed by atoms with van der Waals surface area (Å²) in [4.78, 5) is 26.5. The number of ether oxygens (including phenoxy) is 6. The van der Waals surface area contributed by atoms with E-state index in [4.69, 9.17) is 32.8 Å². The molecule has 12 heteroatoms. The van der Waals surface area contributed by atoms with E-state index in [2.05, 4.69) is 5.32 Å². The molecule has 12 nitrogen and oxygen atoms in total. The molecule has 5 rings (SSSR count). The molecule has 0 saturated carbocycles. The molecule has 3 N–H and O–H groups in total. The lowest BCUT2D eigenvalue weighted by atomic mass is 9.89. The molecule has 0 spiro atoms. The third-order valence-electron chi connectivity index (χ3n) is 8.01. The highest BCUT2D eigenvalue weighted by Crippen LogP contribution is 2.41. The van der Waals surface area contributed by atoms with Gasteiger partial charge in [0.05, 0.1) is 26.9 Å². The predicted molar refractivity (Wildman–Crippen MR) is 169 cm³/mol. The molecule has 1 aromatic heterocycles. The first-order valence-corrected chi connectivity index (χ1v) is 14.4. The number of methoxy groups -OCH3 is 4. The smallest absolute Gasteiger partial charge is 0.360 e. The van der Waals surface area contributed by atoms with Gasteiger partial charge in [0.2, 0.25) is 6.29 Å². The quantitative estimate of drug-likeness (QED) is 0.226. The van der Waals surface area contributed by atoms with Crippen LogP contribution in [0.25, 0.3) is 22.1 Å². The first-order chi connectivity index (χ1) is 21.9. The average molecular weight is 636 g/mol. The second-order valence-corrected chi connectivity index (χ2v) is 11.3. The molecule has 1 amide bonds. The third kappa shape index (κ3) is 6.12. The van der Waals surface area contributed by atoms with E-state index >= 15 is 0 Å². The number of anilines is 1. The van der Waals surface area contributed by atoms with E-state index in [1.165, 1.54) is 27.4 Å². The SMILES string of the molecule is COc1cccc(-c2cc(C(=O)Nc3cc4cc(OC)c(O[C@@H]5OC(C)(C)[C@H](OC)[C@@H](O)[C@@H]5O)c(C)c4oc3=O)ccc2OC)c1. The maximum Gasteiger partial charge on any atom is 0.360 e. The van der Waals surface area contributed by atoms with E-state index in [-0.39, 0.29) is 28.3 Å². The minimum atomic E-state index is -1.45. The molecule has 4 aromatic rings. The van der Waals surface area contributed by atoms with Gasteiger partial charge in [-0.1, -0.05) is 12.1 Å². The summed E-state index contributed by atoms with van der Waals surface area (Å²) in [5.74, 6) is 1.04. The molecule has 2 heterocycles. The van der Waals surface area contributed by atoms with Crippen LogP contribution in [0.15, 0.2) is 63.8 Å². The number of aliphatic hydroxyl groups is 2. The number of aryl methyl sites for hydroxylation is 1. The second kappa shape index (κ2) is 13.0. The van der Waals surface area contributed by atoms with Gasteiger partial charge in [0, 0.05) is 29.2 Å². The summed E-state index contributed by atoms with van der Waals surface area (Å²) in [7, 11) is 5.95. The molecule has 3 aromatic carbocycles. The van der Waals surface area contributed by atoms with Crippen molar-refractivity contribution in [1.29, 1.82) is 0 Å². The topological polar surface area (TPSA) is 155 Å². The number of hydrogen-bond donors (Lipinski definition) is 3. The van der Waals surface area contributed by atoms with Crippen molar-refractivity contribution in [2.45, 2.75) is 51.0 Å². The van der Waals surface area contributed by atoms with Crippen LogP contribution < -0.4 is 29.9 Å². The highest BCUT2D eigenvalue weighted by Gasteiger charge is 2.50. The maximum atomic E-state index is 13.4. The fourth-order valence-corrected chi connectivity index (χ4v) is 5.65. The van der Waals surface area contributed by atoms with Crippen LogP contribution in [0.2, 0.25) is 0 Å². The van der Waals surface area contributed by atoms with Gasteiger partial charge in [-0.15, -0.1) is 0 Å². The fourth-order valence-electron chi connectivity index (χ4n) is 5.65. The van der Waals surface area contributed by atoms with Gasteiger partial charge >= 0.3 is 5.63 Å². The van der Waals surface area contributed by atoms with Crippen LogP contribution in [0.1, 0.15) is 29.8 Å². The van der Waals surface area contributed by atoms with Crippen molar-refractivity contribution in [3.8, 4) is 34.1 Å². The van der Waals surface area contributed by atoms with Gasteiger partial charge in [0.25, 0.3) is 5.91 Å². The number of nitrogens with one attached hydrogen (secondary N) is 1. The van der Waals surface area contributed by atoms with Crippen molar-refractivity contribution in [3.05, 3.63) is 76.1 Å². The summed E-state index contributed by atoms with van der Waals surface area (Å²) in [5, 5.41) is 24.5. The van der Waals surface area contributed by atoms with Crippen molar-refractivity contribution in [1.82, 2.24) is 0 Å². The van der Waals surface area contributed by atoms with Crippen molar-refractivity contribution in [3.63, 3.8) is 0 Å². The molecule has 46 heavy (non-hydrogen) atoms. The molecule has 1 aliphatic rings. The van der Waals surface area contributed by atoms with E-state index in [1.54, 1.807) is 52.1 Å². The zero-order valence-electron chi connectivity index (χ0n) is 26.6.